The van der Waals surface area contributed by atoms with Gasteiger partial charge in [0.25, 0.3) is 0 Å². The van der Waals surface area contributed by atoms with Crippen molar-refractivity contribution < 1.29 is 35.9 Å². The molecule has 0 aliphatic heterocycles. The van der Waals surface area contributed by atoms with E-state index in [-0.39, 0.29) is 24.0 Å². The van der Waals surface area contributed by atoms with Crippen LogP contribution in [0.1, 0.15) is 32.4 Å². The van der Waals surface area contributed by atoms with E-state index in [9.17, 15) is 35.9 Å². The van der Waals surface area contributed by atoms with Crippen LogP contribution >= 0.6 is 0 Å². The Bertz CT molecular complexity index is 651. The van der Waals surface area contributed by atoms with Crippen LogP contribution in [-0.2, 0) is 12.4 Å². The summed E-state index contributed by atoms with van der Waals surface area (Å²) in [6.45, 7) is 0. The number of aldehydes is 2. The molecule has 128 valence electrons. The van der Waals surface area contributed by atoms with Crippen molar-refractivity contribution in [3.05, 3.63) is 59.2 Å². The monoisotopic (exact) mass is 350 g/mol. The fraction of sp³-hybridized carbons (Fsp3) is 0.143. The number of hydrogen-bond acceptors (Lipinski definition) is 4. The van der Waals surface area contributed by atoms with Crippen LogP contribution in [-0.4, -0.2) is 22.5 Å². The van der Waals surface area contributed by atoms with Gasteiger partial charge in [0.15, 0.2) is 12.6 Å². The highest BCUT2D eigenvalue weighted by Crippen LogP contribution is 2.27. The molecule has 0 saturated carbocycles. The molecule has 4 nitrogen and oxygen atoms in total. The molecule has 2 heterocycles. The van der Waals surface area contributed by atoms with Gasteiger partial charge >= 0.3 is 12.4 Å². The quantitative estimate of drug-likeness (QED) is 0.610. The second-order valence-corrected chi connectivity index (χ2v) is 4.13. The van der Waals surface area contributed by atoms with Crippen LogP contribution < -0.4 is 0 Å². The van der Waals surface area contributed by atoms with E-state index < -0.39 is 23.7 Å². The predicted molar refractivity (Wildman–Crippen MR) is 69.3 cm³/mol. The van der Waals surface area contributed by atoms with Gasteiger partial charge in [-0.15, -0.1) is 0 Å². The zero-order valence-corrected chi connectivity index (χ0v) is 11.6. The average molecular weight is 350 g/mol. The lowest BCUT2D eigenvalue weighted by Crippen LogP contribution is -2.08. The molecule has 0 aliphatic carbocycles. The van der Waals surface area contributed by atoms with Crippen molar-refractivity contribution in [3.63, 3.8) is 0 Å². The molecule has 0 spiro atoms. The van der Waals surface area contributed by atoms with Crippen LogP contribution in [0.3, 0.4) is 0 Å². The topological polar surface area (TPSA) is 59.9 Å². The first-order valence-electron chi connectivity index (χ1n) is 6.07. The number of pyridine rings is 2. The van der Waals surface area contributed by atoms with Crippen molar-refractivity contribution >= 4 is 12.6 Å². The number of hydrogen-bond donors (Lipinski definition) is 0. The molecule has 0 radical (unpaired) electrons. The van der Waals surface area contributed by atoms with E-state index in [1.807, 2.05) is 0 Å². The van der Waals surface area contributed by atoms with Crippen molar-refractivity contribution in [1.29, 1.82) is 0 Å². The van der Waals surface area contributed by atoms with Gasteiger partial charge in [-0.2, -0.15) is 26.3 Å². The third-order valence-electron chi connectivity index (χ3n) is 2.36. The zero-order chi connectivity index (χ0) is 18.4. The largest absolute Gasteiger partial charge is 0.433 e. The summed E-state index contributed by atoms with van der Waals surface area (Å²) in [5.41, 5.74) is -2.53. The Morgan fingerprint density at radius 3 is 1.25 bits per heavy atom. The van der Waals surface area contributed by atoms with Crippen molar-refractivity contribution in [3.8, 4) is 0 Å². The van der Waals surface area contributed by atoms with Gasteiger partial charge in [0.2, 0.25) is 0 Å². The average Bonchev–Trinajstić information content (AvgIpc) is 2.54. The minimum Gasteiger partial charge on any atom is -0.296 e. The molecule has 24 heavy (non-hydrogen) atoms. The number of aromatic nitrogens is 2. The van der Waals surface area contributed by atoms with E-state index in [1.54, 1.807) is 0 Å². The standard InChI is InChI=1S/2C7H4F3NO/c2*8-7(9,10)6-3-1-2-5(4-12)11-6/h2*1-4H. The van der Waals surface area contributed by atoms with Crippen LogP contribution in [0.5, 0.6) is 0 Å². The van der Waals surface area contributed by atoms with Crippen molar-refractivity contribution in [1.82, 2.24) is 9.97 Å². The molecule has 0 bridgehead atoms. The molecule has 0 amide bonds. The second-order valence-electron chi connectivity index (χ2n) is 4.13. The van der Waals surface area contributed by atoms with E-state index in [0.29, 0.717) is 0 Å². The lowest BCUT2D eigenvalue weighted by molar-refractivity contribution is -0.142. The fourth-order valence-electron chi connectivity index (χ4n) is 1.35. The van der Waals surface area contributed by atoms with Crippen molar-refractivity contribution in [2.24, 2.45) is 0 Å². The molecule has 0 aromatic carbocycles. The normalized spacial score (nSPS) is 11.2. The summed E-state index contributed by atoms with van der Waals surface area (Å²) >= 11 is 0. The molecule has 0 unspecified atom stereocenters. The number of halogens is 6. The Balaban J connectivity index is 0.000000240. The highest BCUT2D eigenvalue weighted by Gasteiger charge is 2.32. The van der Waals surface area contributed by atoms with Gasteiger partial charge in [-0.1, -0.05) is 12.1 Å². The minimum absolute atomic E-state index is 0.218. The second kappa shape index (κ2) is 7.66. The number of carbonyl (C=O) groups excluding carboxylic acids is 2. The van der Waals surface area contributed by atoms with E-state index in [1.165, 1.54) is 12.1 Å². The summed E-state index contributed by atoms with van der Waals surface area (Å²) in [6.07, 6.45) is -8.43. The Kier molecular flexibility index (Phi) is 6.15. The van der Waals surface area contributed by atoms with Crippen LogP contribution in [0.2, 0.25) is 0 Å². The lowest BCUT2D eigenvalue weighted by Gasteiger charge is -2.04. The summed E-state index contributed by atoms with van der Waals surface area (Å²) in [6, 6.07) is 6.32. The molecule has 2 aromatic rings. The van der Waals surface area contributed by atoms with Gasteiger partial charge in [-0.05, 0) is 24.3 Å². The lowest BCUT2D eigenvalue weighted by atomic mass is 10.3. The minimum atomic E-state index is -4.49. The third kappa shape index (κ3) is 5.78. The molecule has 0 aliphatic rings. The molecule has 0 N–H and O–H groups in total. The number of alkyl halides is 6. The summed E-state index contributed by atoms with van der Waals surface area (Å²) in [4.78, 5) is 26.3. The summed E-state index contributed by atoms with van der Waals surface area (Å²) in [7, 11) is 0. The van der Waals surface area contributed by atoms with Crippen LogP contribution in [0.25, 0.3) is 0 Å². The smallest absolute Gasteiger partial charge is 0.296 e. The van der Waals surface area contributed by atoms with Crippen molar-refractivity contribution in [2.75, 3.05) is 0 Å². The third-order valence-corrected chi connectivity index (χ3v) is 2.36. The van der Waals surface area contributed by atoms with Crippen LogP contribution in [0.4, 0.5) is 26.3 Å². The summed E-state index contributed by atoms with van der Waals surface area (Å²) in [5, 5.41) is 0. The Labute approximate surface area is 131 Å². The molecule has 0 saturated heterocycles. The molecule has 0 fully saturated rings. The summed E-state index contributed by atoms with van der Waals surface area (Å²) in [5.74, 6) is 0. The highest BCUT2D eigenvalue weighted by atomic mass is 19.4. The molecular formula is C14H8F6N2O2. The first-order valence-corrected chi connectivity index (χ1v) is 6.07. The zero-order valence-electron chi connectivity index (χ0n) is 11.6. The molecule has 2 aromatic heterocycles. The van der Waals surface area contributed by atoms with Gasteiger partial charge in [-0.25, -0.2) is 9.97 Å². The number of rotatable bonds is 2. The number of nitrogens with zero attached hydrogens (tertiary/aromatic N) is 2. The maximum Gasteiger partial charge on any atom is 0.433 e. The maximum atomic E-state index is 11.9. The highest BCUT2D eigenvalue weighted by molar-refractivity contribution is 5.71. The predicted octanol–water partition coefficient (Wildman–Crippen LogP) is 3.83. The van der Waals surface area contributed by atoms with Gasteiger partial charge in [0.1, 0.15) is 22.8 Å². The van der Waals surface area contributed by atoms with Crippen LogP contribution in [0, 0.1) is 0 Å². The van der Waals surface area contributed by atoms with E-state index in [2.05, 4.69) is 9.97 Å². The van der Waals surface area contributed by atoms with Gasteiger partial charge in [-0.3, -0.25) is 9.59 Å². The Hall–Kier alpha value is -2.78. The first-order chi connectivity index (χ1) is 11.1. The molecular weight excluding hydrogens is 342 g/mol. The molecule has 2 rings (SSSR count). The maximum absolute atomic E-state index is 11.9. The van der Waals surface area contributed by atoms with Gasteiger partial charge in [0.05, 0.1) is 0 Å². The summed E-state index contributed by atoms with van der Waals surface area (Å²) < 4.78 is 71.6. The van der Waals surface area contributed by atoms with Crippen molar-refractivity contribution in [2.45, 2.75) is 12.4 Å². The van der Waals surface area contributed by atoms with Crippen LogP contribution in [0.15, 0.2) is 36.4 Å². The number of carbonyl (C=O) groups is 2. The fourth-order valence-corrected chi connectivity index (χ4v) is 1.35. The SMILES string of the molecule is O=Cc1cccc(C(F)(F)F)n1.O=Cc1cccc(C(F)(F)F)n1. The van der Waals surface area contributed by atoms with Gasteiger partial charge < -0.3 is 0 Å². The molecule has 0 atom stereocenters. The Morgan fingerprint density at radius 2 is 1.00 bits per heavy atom. The van der Waals surface area contributed by atoms with Gasteiger partial charge in [0, 0.05) is 0 Å². The van der Waals surface area contributed by atoms with E-state index in [0.717, 1.165) is 24.3 Å². The van der Waals surface area contributed by atoms with E-state index >= 15 is 0 Å². The van der Waals surface area contributed by atoms with E-state index in [4.69, 9.17) is 0 Å². The molecule has 10 heteroatoms. The Morgan fingerprint density at radius 1 is 0.667 bits per heavy atom. The first kappa shape index (κ1) is 19.3.